The third kappa shape index (κ3) is 3.97. The molecule has 1 aromatic carbocycles. The van der Waals surface area contributed by atoms with Crippen LogP contribution in [-0.4, -0.2) is 59.2 Å². The van der Waals surface area contributed by atoms with Crippen molar-refractivity contribution in [2.24, 2.45) is 0 Å². The van der Waals surface area contributed by atoms with Crippen molar-refractivity contribution < 1.29 is 9.72 Å². The highest BCUT2D eigenvalue weighted by Crippen LogP contribution is 2.30. The van der Waals surface area contributed by atoms with E-state index in [0.29, 0.717) is 23.9 Å². The number of carbonyl (C=O) groups excluding carboxylic acids is 1. The van der Waals surface area contributed by atoms with Gasteiger partial charge in [-0.3, -0.25) is 20.2 Å². The Hall–Kier alpha value is -2.59. The fraction of sp³-hybridized carbons (Fsp3) is 0.438. The molecule has 0 saturated carbocycles. The number of aromatic nitrogens is 2. The van der Waals surface area contributed by atoms with Gasteiger partial charge in [0.1, 0.15) is 10.7 Å². The largest absolute Gasteiger partial charge is 0.363 e. The van der Waals surface area contributed by atoms with Gasteiger partial charge in [-0.05, 0) is 25.6 Å². The topological polar surface area (TPSA) is 104 Å². The summed E-state index contributed by atoms with van der Waals surface area (Å²) >= 11 is 1.29. The van der Waals surface area contributed by atoms with Gasteiger partial charge in [-0.25, -0.2) is 0 Å². The van der Waals surface area contributed by atoms with Gasteiger partial charge in [0.25, 0.3) is 11.6 Å². The first-order valence-electron chi connectivity index (χ1n) is 8.33. The van der Waals surface area contributed by atoms with Crippen LogP contribution in [0.15, 0.2) is 18.2 Å². The van der Waals surface area contributed by atoms with E-state index in [9.17, 15) is 14.9 Å². The van der Waals surface area contributed by atoms with Crippen LogP contribution >= 0.6 is 11.3 Å². The Labute approximate surface area is 154 Å². The minimum absolute atomic E-state index is 0.0614. The van der Waals surface area contributed by atoms with E-state index < -0.39 is 10.8 Å². The van der Waals surface area contributed by atoms with Gasteiger partial charge < -0.3 is 9.80 Å². The predicted octanol–water partition coefficient (Wildman–Crippen LogP) is 2.01. The molecule has 0 spiro atoms. The van der Waals surface area contributed by atoms with Crippen LogP contribution in [0.4, 0.5) is 16.5 Å². The standard InChI is InChI=1S/C16H20N6O3S/c1-3-14-18-19-16(26-14)17-15(23)11-4-5-12(13(10-11)22(24)25)21-8-6-20(2)7-9-21/h4-5,10H,3,6-9H2,1-2H3,(H,17,19,23). The van der Waals surface area contributed by atoms with Crippen molar-refractivity contribution in [1.29, 1.82) is 0 Å². The molecular weight excluding hydrogens is 356 g/mol. The molecule has 1 fully saturated rings. The summed E-state index contributed by atoms with van der Waals surface area (Å²) in [5, 5.41) is 23.2. The second-order valence-corrected chi connectivity index (χ2v) is 7.12. The second kappa shape index (κ2) is 7.75. The molecule has 10 heteroatoms. The Morgan fingerprint density at radius 2 is 2.04 bits per heavy atom. The number of hydrogen-bond donors (Lipinski definition) is 1. The Balaban J connectivity index is 1.81. The molecule has 0 radical (unpaired) electrons. The summed E-state index contributed by atoms with van der Waals surface area (Å²) in [5.74, 6) is -0.433. The summed E-state index contributed by atoms with van der Waals surface area (Å²) in [5.41, 5.74) is 0.709. The third-order valence-corrected chi connectivity index (χ3v) is 5.25. The van der Waals surface area contributed by atoms with E-state index in [1.54, 1.807) is 12.1 Å². The Morgan fingerprint density at radius 3 is 2.65 bits per heavy atom. The number of rotatable bonds is 5. The van der Waals surface area contributed by atoms with E-state index >= 15 is 0 Å². The van der Waals surface area contributed by atoms with E-state index in [0.717, 1.165) is 24.5 Å². The van der Waals surface area contributed by atoms with Crippen LogP contribution in [0.3, 0.4) is 0 Å². The highest BCUT2D eigenvalue weighted by atomic mass is 32.1. The monoisotopic (exact) mass is 376 g/mol. The lowest BCUT2D eigenvalue weighted by molar-refractivity contribution is -0.384. The quantitative estimate of drug-likeness (QED) is 0.629. The van der Waals surface area contributed by atoms with Crippen LogP contribution in [-0.2, 0) is 6.42 Å². The van der Waals surface area contributed by atoms with Gasteiger partial charge in [0.2, 0.25) is 5.13 Å². The van der Waals surface area contributed by atoms with Gasteiger partial charge in [0.05, 0.1) is 4.92 Å². The van der Waals surface area contributed by atoms with Crippen LogP contribution < -0.4 is 10.2 Å². The molecule has 1 N–H and O–H groups in total. The van der Waals surface area contributed by atoms with Crippen LogP contribution in [0, 0.1) is 10.1 Å². The number of amides is 1. The number of aryl methyl sites for hydroxylation is 1. The van der Waals surface area contributed by atoms with Crippen molar-refractivity contribution >= 4 is 33.8 Å². The number of piperazine rings is 1. The molecule has 2 heterocycles. The number of carbonyl (C=O) groups is 1. The smallest absolute Gasteiger partial charge is 0.293 e. The van der Waals surface area contributed by atoms with Crippen LogP contribution in [0.5, 0.6) is 0 Å². The molecule has 1 aliphatic heterocycles. The van der Waals surface area contributed by atoms with Crippen molar-refractivity contribution in [1.82, 2.24) is 15.1 Å². The minimum Gasteiger partial charge on any atom is -0.363 e. The van der Waals surface area contributed by atoms with Gasteiger partial charge in [0.15, 0.2) is 0 Å². The fourth-order valence-electron chi connectivity index (χ4n) is 2.74. The number of anilines is 2. The number of nitrogens with zero attached hydrogens (tertiary/aromatic N) is 5. The summed E-state index contributed by atoms with van der Waals surface area (Å²) in [4.78, 5) is 27.6. The van der Waals surface area contributed by atoms with Gasteiger partial charge in [-0.15, -0.1) is 10.2 Å². The van der Waals surface area contributed by atoms with Crippen molar-refractivity contribution in [2.75, 3.05) is 43.4 Å². The van der Waals surface area contributed by atoms with E-state index in [-0.39, 0.29) is 11.3 Å². The molecule has 0 bridgehead atoms. The molecule has 0 atom stereocenters. The summed E-state index contributed by atoms with van der Waals surface area (Å²) < 4.78 is 0. The molecule has 1 amide bonds. The first kappa shape index (κ1) is 18.2. The van der Waals surface area contributed by atoms with Crippen LogP contribution in [0.1, 0.15) is 22.3 Å². The molecule has 26 heavy (non-hydrogen) atoms. The van der Waals surface area contributed by atoms with Gasteiger partial charge in [-0.1, -0.05) is 18.3 Å². The van der Waals surface area contributed by atoms with E-state index in [4.69, 9.17) is 0 Å². The van der Waals surface area contributed by atoms with Gasteiger partial charge >= 0.3 is 0 Å². The lowest BCUT2D eigenvalue weighted by Gasteiger charge is -2.33. The number of nitro benzene ring substituents is 1. The minimum atomic E-state index is -0.440. The summed E-state index contributed by atoms with van der Waals surface area (Å²) in [6.45, 7) is 5.07. The normalized spacial score (nSPS) is 15.1. The maximum atomic E-state index is 12.4. The SMILES string of the molecule is CCc1nnc(NC(=O)c2ccc(N3CCN(C)CC3)c([N+](=O)[O-])c2)s1. The van der Waals surface area contributed by atoms with Crippen molar-refractivity contribution in [3.63, 3.8) is 0 Å². The summed E-state index contributed by atoms with van der Waals surface area (Å²) in [6, 6.07) is 4.58. The van der Waals surface area contributed by atoms with Gasteiger partial charge in [-0.2, -0.15) is 0 Å². The molecule has 0 aliphatic carbocycles. The second-order valence-electron chi connectivity index (χ2n) is 6.06. The highest BCUT2D eigenvalue weighted by Gasteiger charge is 2.24. The van der Waals surface area contributed by atoms with Crippen molar-refractivity contribution in [3.05, 3.63) is 38.9 Å². The number of likely N-dealkylation sites (N-methyl/N-ethyl adjacent to an activating group) is 1. The molecule has 1 aromatic heterocycles. The lowest BCUT2D eigenvalue weighted by atomic mass is 10.1. The van der Waals surface area contributed by atoms with Crippen molar-refractivity contribution in [2.45, 2.75) is 13.3 Å². The maximum Gasteiger partial charge on any atom is 0.293 e. The third-order valence-electron chi connectivity index (χ3n) is 4.27. The first-order chi connectivity index (χ1) is 12.5. The first-order valence-corrected chi connectivity index (χ1v) is 9.15. The predicted molar refractivity (Wildman–Crippen MR) is 100 cm³/mol. The fourth-order valence-corrected chi connectivity index (χ4v) is 3.42. The van der Waals surface area contributed by atoms with E-state index in [1.165, 1.54) is 17.4 Å². The van der Waals surface area contributed by atoms with E-state index in [1.807, 2.05) is 18.9 Å². The molecule has 1 saturated heterocycles. The molecule has 0 unspecified atom stereocenters. The zero-order valence-corrected chi connectivity index (χ0v) is 15.5. The Morgan fingerprint density at radius 1 is 1.31 bits per heavy atom. The number of benzene rings is 1. The van der Waals surface area contributed by atoms with Crippen LogP contribution in [0.2, 0.25) is 0 Å². The zero-order chi connectivity index (χ0) is 18.7. The number of hydrogen-bond acceptors (Lipinski definition) is 8. The summed E-state index contributed by atoms with van der Waals surface area (Å²) in [6.07, 6.45) is 0.735. The Kier molecular flexibility index (Phi) is 5.43. The van der Waals surface area contributed by atoms with Gasteiger partial charge in [0, 0.05) is 37.8 Å². The number of nitro groups is 1. The maximum absolute atomic E-state index is 12.4. The number of nitrogens with one attached hydrogen (secondary N) is 1. The van der Waals surface area contributed by atoms with Crippen LogP contribution in [0.25, 0.3) is 0 Å². The molecule has 3 rings (SSSR count). The van der Waals surface area contributed by atoms with E-state index in [2.05, 4.69) is 20.4 Å². The average molecular weight is 376 g/mol. The lowest BCUT2D eigenvalue weighted by Crippen LogP contribution is -2.44. The Bertz CT molecular complexity index is 816. The summed E-state index contributed by atoms with van der Waals surface area (Å²) in [7, 11) is 2.02. The highest BCUT2D eigenvalue weighted by molar-refractivity contribution is 7.15. The zero-order valence-electron chi connectivity index (χ0n) is 14.6. The van der Waals surface area contributed by atoms with Crippen molar-refractivity contribution in [3.8, 4) is 0 Å². The molecule has 138 valence electrons. The molecule has 2 aromatic rings. The molecule has 9 nitrogen and oxygen atoms in total. The average Bonchev–Trinajstić information content (AvgIpc) is 3.09. The molecule has 1 aliphatic rings. The molecular formula is C16H20N6O3S.